The highest BCUT2D eigenvalue weighted by atomic mass is 19.1. The van der Waals surface area contributed by atoms with E-state index in [0.717, 1.165) is 0 Å². The predicted molar refractivity (Wildman–Crippen MR) is 60.4 cm³/mol. The molecule has 0 saturated carbocycles. The molecule has 0 fully saturated rings. The van der Waals surface area contributed by atoms with Crippen molar-refractivity contribution in [2.75, 3.05) is 0 Å². The molecule has 1 aromatic heterocycles. The first kappa shape index (κ1) is 12.5. The maximum Gasteiger partial charge on any atom is 0.253 e. The van der Waals surface area contributed by atoms with Crippen molar-refractivity contribution in [1.29, 1.82) is 0 Å². The van der Waals surface area contributed by atoms with Gasteiger partial charge in [-0.15, -0.1) is 10.2 Å². The van der Waals surface area contributed by atoms with Crippen molar-refractivity contribution >= 4 is 0 Å². The van der Waals surface area contributed by atoms with Crippen LogP contribution in [0.25, 0.3) is 0 Å². The van der Waals surface area contributed by atoms with Crippen molar-refractivity contribution in [3.63, 3.8) is 0 Å². The SMILES string of the molecule is Cc1nnc(COc2ccc(C(C)O)cc2F)o1. The second-order valence-electron chi connectivity index (χ2n) is 3.87. The average Bonchev–Trinajstić information content (AvgIpc) is 2.73. The van der Waals surface area contributed by atoms with Gasteiger partial charge in [0.2, 0.25) is 5.89 Å². The first-order valence-corrected chi connectivity index (χ1v) is 5.45. The van der Waals surface area contributed by atoms with E-state index in [9.17, 15) is 9.50 Å². The van der Waals surface area contributed by atoms with Gasteiger partial charge in [0.25, 0.3) is 5.89 Å². The lowest BCUT2D eigenvalue weighted by Crippen LogP contribution is -1.99. The Balaban J connectivity index is 2.05. The molecule has 1 aromatic carbocycles. The quantitative estimate of drug-likeness (QED) is 0.902. The number of halogens is 1. The molecule has 1 unspecified atom stereocenters. The van der Waals surface area contributed by atoms with Crippen LogP contribution >= 0.6 is 0 Å². The normalized spacial score (nSPS) is 12.4. The molecule has 6 heteroatoms. The molecule has 5 nitrogen and oxygen atoms in total. The maximum absolute atomic E-state index is 13.6. The number of ether oxygens (including phenoxy) is 1. The van der Waals surface area contributed by atoms with Gasteiger partial charge >= 0.3 is 0 Å². The van der Waals surface area contributed by atoms with Crippen molar-refractivity contribution < 1.29 is 18.7 Å². The molecular weight excluding hydrogens is 239 g/mol. The van der Waals surface area contributed by atoms with Crippen LogP contribution in [0.1, 0.15) is 30.4 Å². The minimum Gasteiger partial charge on any atom is -0.481 e. The van der Waals surface area contributed by atoms with E-state index in [1.807, 2.05) is 0 Å². The fourth-order valence-electron chi connectivity index (χ4n) is 1.43. The summed E-state index contributed by atoms with van der Waals surface area (Å²) in [6.07, 6.45) is -0.716. The number of aryl methyl sites for hydroxylation is 1. The third-order valence-electron chi connectivity index (χ3n) is 2.36. The Morgan fingerprint density at radius 3 is 2.78 bits per heavy atom. The number of benzene rings is 1. The lowest BCUT2D eigenvalue weighted by molar-refractivity contribution is 0.198. The summed E-state index contributed by atoms with van der Waals surface area (Å²) in [5, 5.41) is 16.7. The molecule has 1 N–H and O–H groups in total. The average molecular weight is 252 g/mol. The van der Waals surface area contributed by atoms with E-state index in [1.54, 1.807) is 19.9 Å². The molecule has 96 valence electrons. The van der Waals surface area contributed by atoms with Crippen LogP contribution in [0.5, 0.6) is 5.75 Å². The van der Waals surface area contributed by atoms with Gasteiger partial charge in [-0.25, -0.2) is 4.39 Å². The first-order chi connectivity index (χ1) is 8.56. The Morgan fingerprint density at radius 2 is 2.22 bits per heavy atom. The summed E-state index contributed by atoms with van der Waals surface area (Å²) < 4.78 is 23.9. The van der Waals surface area contributed by atoms with Gasteiger partial charge in [-0.1, -0.05) is 6.07 Å². The van der Waals surface area contributed by atoms with E-state index in [2.05, 4.69) is 10.2 Å². The van der Waals surface area contributed by atoms with Crippen LogP contribution in [0.3, 0.4) is 0 Å². The molecule has 2 rings (SSSR count). The number of rotatable bonds is 4. The summed E-state index contributed by atoms with van der Waals surface area (Å²) >= 11 is 0. The van der Waals surface area contributed by atoms with Crippen LogP contribution in [0.2, 0.25) is 0 Å². The topological polar surface area (TPSA) is 68.4 Å². The van der Waals surface area contributed by atoms with E-state index < -0.39 is 11.9 Å². The molecule has 1 heterocycles. The van der Waals surface area contributed by atoms with Crippen LogP contribution in [-0.4, -0.2) is 15.3 Å². The highest BCUT2D eigenvalue weighted by molar-refractivity contribution is 5.30. The Bertz CT molecular complexity index is 540. The highest BCUT2D eigenvalue weighted by Crippen LogP contribution is 2.22. The predicted octanol–water partition coefficient (Wildman–Crippen LogP) is 2.15. The molecule has 0 aliphatic heterocycles. The van der Waals surface area contributed by atoms with Crippen LogP contribution in [0, 0.1) is 12.7 Å². The molecule has 0 aliphatic rings. The van der Waals surface area contributed by atoms with Gasteiger partial charge in [-0.05, 0) is 24.6 Å². The number of aromatic nitrogens is 2. The fourth-order valence-corrected chi connectivity index (χ4v) is 1.43. The molecule has 0 radical (unpaired) electrons. The summed E-state index contributed by atoms with van der Waals surface area (Å²) in [6.45, 7) is 3.23. The van der Waals surface area contributed by atoms with Crippen molar-refractivity contribution in [3.05, 3.63) is 41.4 Å². The van der Waals surface area contributed by atoms with Gasteiger partial charge < -0.3 is 14.3 Å². The lowest BCUT2D eigenvalue weighted by Gasteiger charge is -2.08. The molecule has 2 aromatic rings. The molecule has 0 aliphatic carbocycles. The van der Waals surface area contributed by atoms with E-state index in [-0.39, 0.29) is 18.2 Å². The number of hydrogen-bond donors (Lipinski definition) is 1. The summed E-state index contributed by atoms with van der Waals surface area (Å²) in [7, 11) is 0. The fraction of sp³-hybridized carbons (Fsp3) is 0.333. The van der Waals surface area contributed by atoms with Gasteiger partial charge in [0.05, 0.1) is 6.10 Å². The molecule has 0 amide bonds. The molecule has 0 bridgehead atoms. The lowest BCUT2D eigenvalue weighted by atomic mass is 10.1. The van der Waals surface area contributed by atoms with Crippen LogP contribution in [-0.2, 0) is 6.61 Å². The van der Waals surface area contributed by atoms with Gasteiger partial charge in [0.1, 0.15) is 0 Å². The van der Waals surface area contributed by atoms with Crippen molar-refractivity contribution in [3.8, 4) is 5.75 Å². The van der Waals surface area contributed by atoms with Crippen LogP contribution in [0.4, 0.5) is 4.39 Å². The Morgan fingerprint density at radius 1 is 1.44 bits per heavy atom. The summed E-state index contributed by atoms with van der Waals surface area (Å²) in [5.74, 6) is 0.255. The van der Waals surface area contributed by atoms with Crippen LogP contribution in [0.15, 0.2) is 22.6 Å². The zero-order valence-corrected chi connectivity index (χ0v) is 10.1. The van der Waals surface area contributed by atoms with Crippen LogP contribution < -0.4 is 4.74 Å². The largest absolute Gasteiger partial charge is 0.481 e. The Labute approximate surface area is 103 Å². The second-order valence-corrected chi connectivity index (χ2v) is 3.87. The Kier molecular flexibility index (Phi) is 3.57. The molecular formula is C12H13FN2O3. The minimum absolute atomic E-state index is 0.00574. The molecule has 0 saturated heterocycles. The van der Waals surface area contributed by atoms with E-state index >= 15 is 0 Å². The number of hydrogen-bond acceptors (Lipinski definition) is 5. The smallest absolute Gasteiger partial charge is 0.253 e. The monoisotopic (exact) mass is 252 g/mol. The third kappa shape index (κ3) is 2.84. The standard InChI is InChI=1S/C12H13FN2O3/c1-7(16)9-3-4-11(10(13)5-9)17-6-12-15-14-8(2)18-12/h3-5,7,16H,6H2,1-2H3. The zero-order chi connectivity index (χ0) is 13.1. The summed E-state index contributed by atoms with van der Waals surface area (Å²) in [6, 6.07) is 4.29. The summed E-state index contributed by atoms with van der Waals surface area (Å²) in [5.41, 5.74) is 0.494. The molecule has 1 atom stereocenters. The summed E-state index contributed by atoms with van der Waals surface area (Å²) in [4.78, 5) is 0. The van der Waals surface area contributed by atoms with E-state index in [4.69, 9.17) is 9.15 Å². The van der Waals surface area contributed by atoms with Crippen molar-refractivity contribution in [1.82, 2.24) is 10.2 Å². The highest BCUT2D eigenvalue weighted by Gasteiger charge is 2.09. The van der Waals surface area contributed by atoms with Gasteiger partial charge in [-0.2, -0.15) is 0 Å². The van der Waals surface area contributed by atoms with Crippen molar-refractivity contribution in [2.24, 2.45) is 0 Å². The minimum atomic E-state index is -0.716. The van der Waals surface area contributed by atoms with E-state index in [1.165, 1.54) is 12.1 Å². The first-order valence-electron chi connectivity index (χ1n) is 5.45. The number of aliphatic hydroxyl groups excluding tert-OH is 1. The third-order valence-corrected chi connectivity index (χ3v) is 2.36. The van der Waals surface area contributed by atoms with Gasteiger partial charge in [0, 0.05) is 6.92 Å². The van der Waals surface area contributed by atoms with Crippen molar-refractivity contribution in [2.45, 2.75) is 26.6 Å². The van der Waals surface area contributed by atoms with E-state index in [0.29, 0.717) is 11.5 Å². The van der Waals surface area contributed by atoms with Gasteiger partial charge in [0.15, 0.2) is 18.2 Å². The second kappa shape index (κ2) is 5.14. The van der Waals surface area contributed by atoms with Gasteiger partial charge in [-0.3, -0.25) is 0 Å². The molecule has 0 spiro atoms. The zero-order valence-electron chi connectivity index (χ0n) is 10.1. The number of nitrogens with zero attached hydrogens (tertiary/aromatic N) is 2. The molecule has 18 heavy (non-hydrogen) atoms. The maximum atomic E-state index is 13.6. The number of aliphatic hydroxyl groups is 1. The Hall–Kier alpha value is -1.95.